The molecule has 0 fully saturated rings. The maximum Gasteiger partial charge on any atom is 0.259 e. The van der Waals surface area contributed by atoms with E-state index in [1.54, 1.807) is 17.8 Å². The molecule has 0 aliphatic carbocycles. The Hall–Kier alpha value is -2.12. The van der Waals surface area contributed by atoms with E-state index in [0.29, 0.717) is 16.4 Å². The molecule has 0 saturated heterocycles. The first kappa shape index (κ1) is 20.6. The van der Waals surface area contributed by atoms with Gasteiger partial charge in [-0.15, -0.1) is 0 Å². The molecular weight excluding hydrogens is 386 g/mol. The second-order valence-corrected chi connectivity index (χ2v) is 13.9. The second kappa shape index (κ2) is 7.37. The number of rotatable bonds is 4. The van der Waals surface area contributed by atoms with E-state index in [9.17, 15) is 4.79 Å². The van der Waals surface area contributed by atoms with E-state index in [0.717, 1.165) is 16.7 Å². The highest BCUT2D eigenvalue weighted by Gasteiger charge is 2.38. The van der Waals surface area contributed by atoms with Crippen LogP contribution in [0.15, 0.2) is 46.5 Å². The molecule has 7 heteroatoms. The lowest BCUT2D eigenvalue weighted by atomic mass is 10.1. The highest BCUT2D eigenvalue weighted by Crippen LogP contribution is 2.37. The van der Waals surface area contributed by atoms with Crippen LogP contribution in [0.5, 0.6) is 5.75 Å². The molecule has 3 aromatic rings. The predicted molar refractivity (Wildman–Crippen MR) is 120 cm³/mol. The van der Waals surface area contributed by atoms with Crippen molar-refractivity contribution in [3.63, 3.8) is 0 Å². The number of pyridine rings is 1. The average Bonchev–Trinajstić information content (AvgIpc) is 2.64. The van der Waals surface area contributed by atoms with Gasteiger partial charge >= 0.3 is 0 Å². The molecule has 0 aliphatic rings. The van der Waals surface area contributed by atoms with Gasteiger partial charge in [-0.25, -0.2) is 9.97 Å². The van der Waals surface area contributed by atoms with Crippen molar-refractivity contribution in [1.82, 2.24) is 14.5 Å². The van der Waals surface area contributed by atoms with Gasteiger partial charge in [0.15, 0.2) is 5.16 Å². The fraction of sp³-hybridized carbons (Fsp3) is 0.381. The Labute approximate surface area is 171 Å². The molecule has 0 spiro atoms. The Balaban J connectivity index is 1.99. The van der Waals surface area contributed by atoms with E-state index in [2.05, 4.69) is 43.8 Å². The molecule has 28 heavy (non-hydrogen) atoms. The van der Waals surface area contributed by atoms with E-state index in [1.165, 1.54) is 11.8 Å². The summed E-state index contributed by atoms with van der Waals surface area (Å²) in [6.45, 7) is 11.1. The third kappa shape index (κ3) is 3.86. The van der Waals surface area contributed by atoms with Crippen molar-refractivity contribution in [3.8, 4) is 16.9 Å². The summed E-state index contributed by atoms with van der Waals surface area (Å²) in [5.41, 5.74) is 2.07. The zero-order valence-corrected chi connectivity index (χ0v) is 19.3. The number of hydrogen-bond acceptors (Lipinski definition) is 5. The topological polar surface area (TPSA) is 57.0 Å². The van der Waals surface area contributed by atoms with Crippen LogP contribution in [0.2, 0.25) is 18.1 Å². The van der Waals surface area contributed by atoms with E-state index in [4.69, 9.17) is 4.43 Å². The lowest BCUT2D eigenvalue weighted by Crippen LogP contribution is -2.43. The minimum absolute atomic E-state index is 0.0729. The Morgan fingerprint density at radius 1 is 1.14 bits per heavy atom. The number of nitrogens with zero attached hydrogens (tertiary/aromatic N) is 3. The maximum atomic E-state index is 12.9. The monoisotopic (exact) mass is 413 g/mol. The number of aryl methyl sites for hydroxylation is 1. The minimum atomic E-state index is -1.89. The summed E-state index contributed by atoms with van der Waals surface area (Å²) < 4.78 is 7.93. The van der Waals surface area contributed by atoms with Gasteiger partial charge in [0.2, 0.25) is 8.32 Å². The van der Waals surface area contributed by atoms with Gasteiger partial charge in [-0.2, -0.15) is 0 Å². The summed E-state index contributed by atoms with van der Waals surface area (Å²) in [4.78, 5) is 21.7. The third-order valence-corrected chi connectivity index (χ3v) is 10.4. The number of fused-ring (bicyclic) bond motifs is 1. The quantitative estimate of drug-likeness (QED) is 0.338. The Bertz CT molecular complexity index is 1070. The lowest BCUT2D eigenvalue weighted by Gasteiger charge is -2.36. The molecular formula is C21H27N3O2SSi. The van der Waals surface area contributed by atoms with Crippen molar-refractivity contribution >= 4 is 31.1 Å². The Morgan fingerprint density at radius 3 is 2.36 bits per heavy atom. The van der Waals surface area contributed by atoms with Gasteiger partial charge in [0.1, 0.15) is 11.4 Å². The normalized spacial score (nSPS) is 12.4. The summed E-state index contributed by atoms with van der Waals surface area (Å²) in [6.07, 6.45) is 3.69. The van der Waals surface area contributed by atoms with Crippen molar-refractivity contribution in [1.29, 1.82) is 0 Å². The van der Waals surface area contributed by atoms with Crippen LogP contribution in [0.4, 0.5) is 0 Å². The standard InChI is InChI=1S/C21H27N3O2SSi/c1-21(2,3)28(6,7)26-16-10-8-14(9-11-16)17-12-15-13-22-20(27-5)23-18(15)24(4)19(17)25/h8-13H,1-7H3. The van der Waals surface area contributed by atoms with Crippen molar-refractivity contribution in [2.45, 2.75) is 44.1 Å². The van der Waals surface area contributed by atoms with Crippen molar-refractivity contribution < 1.29 is 4.43 Å². The molecule has 5 nitrogen and oxygen atoms in total. The highest BCUT2D eigenvalue weighted by atomic mass is 32.2. The second-order valence-electron chi connectivity index (χ2n) is 8.44. The summed E-state index contributed by atoms with van der Waals surface area (Å²) in [7, 11) is -0.142. The molecule has 0 unspecified atom stereocenters. The summed E-state index contributed by atoms with van der Waals surface area (Å²) >= 11 is 1.46. The van der Waals surface area contributed by atoms with E-state index >= 15 is 0 Å². The first-order valence-electron chi connectivity index (χ1n) is 9.24. The number of aromatic nitrogens is 3. The van der Waals surface area contributed by atoms with Gasteiger partial charge in [0.25, 0.3) is 5.56 Å². The Kier molecular flexibility index (Phi) is 5.42. The van der Waals surface area contributed by atoms with Crippen LogP contribution in [-0.4, -0.2) is 29.1 Å². The summed E-state index contributed by atoms with van der Waals surface area (Å²) in [6, 6.07) is 9.66. The van der Waals surface area contributed by atoms with Gasteiger partial charge in [0.05, 0.1) is 0 Å². The molecule has 0 bridgehead atoms. The van der Waals surface area contributed by atoms with Crippen LogP contribution in [0.25, 0.3) is 22.2 Å². The molecule has 0 aliphatic heterocycles. The molecule has 3 rings (SSSR count). The summed E-state index contributed by atoms with van der Waals surface area (Å²) in [5, 5.41) is 1.63. The fourth-order valence-electron chi connectivity index (χ4n) is 2.69. The largest absolute Gasteiger partial charge is 0.544 e. The first-order valence-corrected chi connectivity index (χ1v) is 13.4. The Morgan fingerprint density at radius 2 is 1.79 bits per heavy atom. The molecule has 0 amide bonds. The smallest absolute Gasteiger partial charge is 0.259 e. The molecule has 1 aromatic carbocycles. The van der Waals surface area contributed by atoms with E-state index in [1.807, 2.05) is 36.6 Å². The van der Waals surface area contributed by atoms with Crippen LogP contribution >= 0.6 is 11.8 Å². The van der Waals surface area contributed by atoms with Gasteiger partial charge in [0, 0.05) is 24.2 Å². The van der Waals surface area contributed by atoms with Gasteiger partial charge in [-0.05, 0) is 48.2 Å². The van der Waals surface area contributed by atoms with Gasteiger partial charge < -0.3 is 4.43 Å². The van der Waals surface area contributed by atoms with Gasteiger partial charge in [-0.1, -0.05) is 44.7 Å². The van der Waals surface area contributed by atoms with Crippen molar-refractivity contribution in [3.05, 3.63) is 46.9 Å². The molecule has 0 N–H and O–H groups in total. The SMILES string of the molecule is CSc1ncc2cc(-c3ccc(O[Si](C)(C)C(C)(C)C)cc3)c(=O)n(C)c2n1. The van der Waals surface area contributed by atoms with E-state index in [-0.39, 0.29) is 10.6 Å². The number of thioether (sulfide) groups is 1. The molecule has 148 valence electrons. The third-order valence-electron chi connectivity index (χ3n) is 5.45. The average molecular weight is 414 g/mol. The number of benzene rings is 1. The number of hydrogen-bond donors (Lipinski definition) is 0. The maximum absolute atomic E-state index is 12.9. The molecule has 0 saturated carbocycles. The van der Waals surface area contributed by atoms with Crippen LogP contribution in [0.3, 0.4) is 0 Å². The van der Waals surface area contributed by atoms with Crippen LogP contribution in [-0.2, 0) is 7.05 Å². The zero-order valence-electron chi connectivity index (χ0n) is 17.5. The molecule has 0 atom stereocenters. The molecule has 0 radical (unpaired) electrons. The van der Waals surface area contributed by atoms with Crippen LogP contribution < -0.4 is 9.99 Å². The summed E-state index contributed by atoms with van der Waals surface area (Å²) in [5.74, 6) is 0.848. The van der Waals surface area contributed by atoms with Gasteiger partial charge in [-0.3, -0.25) is 9.36 Å². The van der Waals surface area contributed by atoms with E-state index < -0.39 is 8.32 Å². The van der Waals surface area contributed by atoms with Crippen LogP contribution in [0.1, 0.15) is 20.8 Å². The molecule has 2 aromatic heterocycles. The minimum Gasteiger partial charge on any atom is -0.544 e. The highest BCUT2D eigenvalue weighted by molar-refractivity contribution is 7.98. The van der Waals surface area contributed by atoms with Crippen LogP contribution in [0, 0.1) is 0 Å². The van der Waals surface area contributed by atoms with Crippen molar-refractivity contribution in [2.75, 3.05) is 6.26 Å². The first-order chi connectivity index (χ1) is 13.0. The fourth-order valence-corrected chi connectivity index (χ4v) is 4.05. The lowest BCUT2D eigenvalue weighted by molar-refractivity contribution is 0.492. The zero-order chi connectivity index (χ0) is 20.7. The van der Waals surface area contributed by atoms with Crippen molar-refractivity contribution in [2.24, 2.45) is 7.05 Å². The predicted octanol–water partition coefficient (Wildman–Crippen LogP) is 5.10. The molecule has 2 heterocycles.